The Balaban J connectivity index is 2.26. The number of para-hydroxylation sites is 1. The number of carbonyl (C=O) groups excluding carboxylic acids is 2. The minimum absolute atomic E-state index is 0.370. The summed E-state index contributed by atoms with van der Waals surface area (Å²) in [5, 5.41) is 2.74. The number of rotatable bonds is 2. The number of urea groups is 1. The second-order valence-electron chi connectivity index (χ2n) is 4.69. The van der Waals surface area contributed by atoms with Gasteiger partial charge in [-0.25, -0.2) is 9.69 Å². The number of nitrogens with one attached hydrogen (secondary N) is 1. The van der Waals surface area contributed by atoms with E-state index in [4.69, 9.17) is 5.73 Å². The second kappa shape index (κ2) is 6.09. The molecule has 21 heavy (non-hydrogen) atoms. The van der Waals surface area contributed by atoms with Crippen molar-refractivity contribution in [3.63, 3.8) is 0 Å². The average molecular weight is 283 g/mol. The molecule has 0 heterocycles. The SMILES string of the molecule is CC(=O)N(C(=O)Nc1ccccc1C)c1ccc(N)cc1. The third-order valence-electron chi connectivity index (χ3n) is 3.06. The fourth-order valence-electron chi connectivity index (χ4n) is 1.95. The Morgan fingerprint density at radius 1 is 1.05 bits per heavy atom. The van der Waals surface area contributed by atoms with Crippen molar-refractivity contribution in [1.29, 1.82) is 0 Å². The molecule has 0 saturated heterocycles. The monoisotopic (exact) mass is 283 g/mol. The van der Waals surface area contributed by atoms with Gasteiger partial charge in [-0.15, -0.1) is 0 Å². The van der Waals surface area contributed by atoms with Gasteiger partial charge in [0.15, 0.2) is 0 Å². The van der Waals surface area contributed by atoms with Crippen LogP contribution in [0.1, 0.15) is 12.5 Å². The first kappa shape index (κ1) is 14.6. The summed E-state index contributed by atoms with van der Waals surface area (Å²) >= 11 is 0. The Kier molecular flexibility index (Phi) is 4.23. The summed E-state index contributed by atoms with van der Waals surface area (Å²) in [4.78, 5) is 25.2. The van der Waals surface area contributed by atoms with Gasteiger partial charge < -0.3 is 11.1 Å². The molecule has 108 valence electrons. The van der Waals surface area contributed by atoms with E-state index in [0.29, 0.717) is 17.1 Å². The number of amides is 3. The van der Waals surface area contributed by atoms with Crippen molar-refractivity contribution in [1.82, 2.24) is 0 Å². The van der Waals surface area contributed by atoms with Gasteiger partial charge in [0.1, 0.15) is 0 Å². The summed E-state index contributed by atoms with van der Waals surface area (Å²) in [6.07, 6.45) is 0. The van der Waals surface area contributed by atoms with Gasteiger partial charge in [0.25, 0.3) is 0 Å². The number of anilines is 3. The molecule has 2 aromatic carbocycles. The van der Waals surface area contributed by atoms with Crippen LogP contribution < -0.4 is 16.0 Å². The Labute approximate surface area is 123 Å². The highest BCUT2D eigenvalue weighted by molar-refractivity contribution is 6.17. The van der Waals surface area contributed by atoms with Gasteiger partial charge in [0.05, 0.1) is 5.69 Å². The number of hydrogen-bond donors (Lipinski definition) is 2. The van der Waals surface area contributed by atoms with Gasteiger partial charge in [-0.3, -0.25) is 4.79 Å². The van der Waals surface area contributed by atoms with Crippen molar-refractivity contribution in [2.45, 2.75) is 13.8 Å². The molecule has 0 saturated carbocycles. The summed E-state index contributed by atoms with van der Waals surface area (Å²) in [5.41, 5.74) is 8.26. The maximum atomic E-state index is 12.4. The van der Waals surface area contributed by atoms with Crippen molar-refractivity contribution in [2.75, 3.05) is 16.0 Å². The molecule has 0 bridgehead atoms. The summed E-state index contributed by atoms with van der Waals surface area (Å²) in [6, 6.07) is 13.4. The second-order valence-corrected chi connectivity index (χ2v) is 4.69. The lowest BCUT2D eigenvalue weighted by Gasteiger charge is -2.20. The molecular weight excluding hydrogens is 266 g/mol. The van der Waals surface area contributed by atoms with Gasteiger partial charge in [-0.1, -0.05) is 18.2 Å². The van der Waals surface area contributed by atoms with E-state index in [1.807, 2.05) is 25.1 Å². The Bertz CT molecular complexity index is 665. The molecule has 2 rings (SSSR count). The van der Waals surface area contributed by atoms with E-state index in [1.165, 1.54) is 6.92 Å². The van der Waals surface area contributed by atoms with Crippen LogP contribution in [0.4, 0.5) is 21.9 Å². The first-order chi connectivity index (χ1) is 9.99. The number of nitrogen functional groups attached to an aromatic ring is 1. The molecule has 0 unspecified atom stereocenters. The topological polar surface area (TPSA) is 75.4 Å². The van der Waals surface area contributed by atoms with Crippen molar-refractivity contribution >= 4 is 29.0 Å². The normalized spacial score (nSPS) is 10.0. The molecular formula is C16H17N3O2. The molecule has 0 aromatic heterocycles. The predicted octanol–water partition coefficient (Wildman–Crippen LogP) is 3.16. The van der Waals surface area contributed by atoms with Crippen LogP contribution in [0.15, 0.2) is 48.5 Å². The number of carbonyl (C=O) groups is 2. The van der Waals surface area contributed by atoms with Gasteiger partial charge in [0.2, 0.25) is 5.91 Å². The molecule has 0 fully saturated rings. The summed E-state index contributed by atoms with van der Waals surface area (Å²) in [5.74, 6) is -0.370. The van der Waals surface area contributed by atoms with Crippen molar-refractivity contribution in [2.24, 2.45) is 0 Å². The Hall–Kier alpha value is -2.82. The number of hydrogen-bond acceptors (Lipinski definition) is 3. The molecule has 2 aromatic rings. The van der Waals surface area contributed by atoms with Gasteiger partial charge >= 0.3 is 6.03 Å². The molecule has 0 aliphatic rings. The van der Waals surface area contributed by atoms with Crippen molar-refractivity contribution in [3.05, 3.63) is 54.1 Å². The molecule has 0 aliphatic heterocycles. The quantitative estimate of drug-likeness (QED) is 0.831. The number of imide groups is 1. The Morgan fingerprint density at radius 2 is 1.67 bits per heavy atom. The molecule has 0 aliphatic carbocycles. The molecule has 5 heteroatoms. The largest absolute Gasteiger partial charge is 0.399 e. The third-order valence-corrected chi connectivity index (χ3v) is 3.06. The molecule has 0 radical (unpaired) electrons. The van der Waals surface area contributed by atoms with Crippen LogP contribution in [0.25, 0.3) is 0 Å². The highest BCUT2D eigenvalue weighted by Gasteiger charge is 2.20. The number of nitrogens with two attached hydrogens (primary N) is 1. The van der Waals surface area contributed by atoms with Crippen LogP contribution in [0, 0.1) is 6.92 Å². The third kappa shape index (κ3) is 3.39. The summed E-state index contributed by atoms with van der Waals surface area (Å²) < 4.78 is 0. The van der Waals surface area contributed by atoms with Gasteiger partial charge in [-0.05, 0) is 42.8 Å². The van der Waals surface area contributed by atoms with Crippen LogP contribution >= 0.6 is 0 Å². The van der Waals surface area contributed by atoms with Crippen molar-refractivity contribution in [3.8, 4) is 0 Å². The van der Waals surface area contributed by atoms with E-state index in [-0.39, 0.29) is 5.91 Å². The summed E-state index contributed by atoms with van der Waals surface area (Å²) in [7, 11) is 0. The average Bonchev–Trinajstić information content (AvgIpc) is 2.43. The van der Waals surface area contributed by atoms with E-state index in [1.54, 1.807) is 30.3 Å². The van der Waals surface area contributed by atoms with Crippen LogP contribution in [0.5, 0.6) is 0 Å². The number of benzene rings is 2. The summed E-state index contributed by atoms with van der Waals surface area (Å²) in [6.45, 7) is 3.23. The van der Waals surface area contributed by atoms with Gasteiger partial charge in [-0.2, -0.15) is 0 Å². The molecule has 0 spiro atoms. The molecule has 0 atom stereocenters. The van der Waals surface area contributed by atoms with Crippen LogP contribution in [0.3, 0.4) is 0 Å². The van der Waals surface area contributed by atoms with Gasteiger partial charge in [0, 0.05) is 18.3 Å². The highest BCUT2D eigenvalue weighted by atomic mass is 16.2. The standard InChI is InChI=1S/C16H17N3O2/c1-11-5-3-4-6-15(11)18-16(21)19(12(2)20)14-9-7-13(17)8-10-14/h3-10H,17H2,1-2H3,(H,18,21). The molecule has 5 nitrogen and oxygen atoms in total. The smallest absolute Gasteiger partial charge is 0.333 e. The van der Waals surface area contributed by atoms with E-state index in [0.717, 1.165) is 10.5 Å². The van der Waals surface area contributed by atoms with E-state index >= 15 is 0 Å². The van der Waals surface area contributed by atoms with Crippen LogP contribution in [0.2, 0.25) is 0 Å². The number of nitrogens with zero attached hydrogens (tertiary/aromatic N) is 1. The van der Waals surface area contributed by atoms with Crippen molar-refractivity contribution < 1.29 is 9.59 Å². The van der Waals surface area contributed by atoms with Crippen LogP contribution in [-0.4, -0.2) is 11.9 Å². The Morgan fingerprint density at radius 3 is 2.24 bits per heavy atom. The lowest BCUT2D eigenvalue weighted by atomic mass is 10.2. The van der Waals surface area contributed by atoms with E-state index < -0.39 is 6.03 Å². The first-order valence-electron chi connectivity index (χ1n) is 6.52. The predicted molar refractivity (Wildman–Crippen MR) is 84.2 cm³/mol. The van der Waals surface area contributed by atoms with Crippen LogP contribution in [-0.2, 0) is 4.79 Å². The fraction of sp³-hybridized carbons (Fsp3) is 0.125. The molecule has 3 N–H and O–H groups in total. The minimum Gasteiger partial charge on any atom is -0.399 e. The first-order valence-corrected chi connectivity index (χ1v) is 6.52. The lowest BCUT2D eigenvalue weighted by molar-refractivity contribution is -0.115. The molecule has 3 amide bonds. The zero-order chi connectivity index (χ0) is 15.4. The maximum absolute atomic E-state index is 12.4. The van der Waals surface area contributed by atoms with E-state index in [9.17, 15) is 9.59 Å². The maximum Gasteiger partial charge on any atom is 0.333 e. The minimum atomic E-state index is -0.499. The zero-order valence-corrected chi connectivity index (χ0v) is 12.0. The highest BCUT2D eigenvalue weighted by Crippen LogP contribution is 2.19. The zero-order valence-electron chi connectivity index (χ0n) is 12.0. The fourth-order valence-corrected chi connectivity index (χ4v) is 1.95. The number of aryl methyl sites for hydroxylation is 1. The lowest BCUT2D eigenvalue weighted by Crippen LogP contribution is -2.38. The van der Waals surface area contributed by atoms with E-state index in [2.05, 4.69) is 5.32 Å².